The second-order valence-corrected chi connectivity index (χ2v) is 4.18. The van der Waals surface area contributed by atoms with Crippen LogP contribution in [0.4, 0.5) is 0 Å². The molecular weight excluding hydrogens is 214 g/mol. The standard InChI is InChI=1S/C13H25N3O/c1-5-8-12(17-7-3)13(14-4)11-9-15-16(6-2)10-11/h9-10,12-14H,5-8H2,1-4H3. The predicted molar refractivity (Wildman–Crippen MR) is 70.0 cm³/mol. The average molecular weight is 239 g/mol. The summed E-state index contributed by atoms with van der Waals surface area (Å²) in [6.45, 7) is 7.99. The van der Waals surface area contributed by atoms with Crippen LogP contribution < -0.4 is 5.32 Å². The number of aromatic nitrogens is 2. The van der Waals surface area contributed by atoms with Crippen LogP contribution in [0, 0.1) is 0 Å². The Bertz CT molecular complexity index is 305. The smallest absolute Gasteiger partial charge is 0.0770 e. The molecule has 0 bridgehead atoms. The third kappa shape index (κ3) is 3.82. The van der Waals surface area contributed by atoms with E-state index in [1.54, 1.807) is 0 Å². The van der Waals surface area contributed by atoms with Crippen LogP contribution in [0.15, 0.2) is 12.4 Å². The third-order valence-electron chi connectivity index (χ3n) is 2.97. The van der Waals surface area contributed by atoms with Gasteiger partial charge in [0.1, 0.15) is 0 Å². The predicted octanol–water partition coefficient (Wildman–Crippen LogP) is 2.37. The summed E-state index contributed by atoms with van der Waals surface area (Å²) in [6.07, 6.45) is 6.46. The first kappa shape index (κ1) is 14.2. The van der Waals surface area contributed by atoms with E-state index in [-0.39, 0.29) is 12.1 Å². The van der Waals surface area contributed by atoms with Crippen molar-refractivity contribution < 1.29 is 4.74 Å². The minimum atomic E-state index is 0.226. The number of nitrogens with one attached hydrogen (secondary N) is 1. The highest BCUT2D eigenvalue weighted by Crippen LogP contribution is 2.22. The summed E-state index contributed by atoms with van der Waals surface area (Å²) in [5.74, 6) is 0. The molecule has 2 atom stereocenters. The fraction of sp³-hybridized carbons (Fsp3) is 0.769. The van der Waals surface area contributed by atoms with E-state index < -0.39 is 0 Å². The molecule has 17 heavy (non-hydrogen) atoms. The molecule has 1 N–H and O–H groups in total. The van der Waals surface area contributed by atoms with Gasteiger partial charge in [-0.25, -0.2) is 0 Å². The monoisotopic (exact) mass is 239 g/mol. The molecule has 4 nitrogen and oxygen atoms in total. The van der Waals surface area contributed by atoms with E-state index in [0.717, 1.165) is 26.0 Å². The molecule has 98 valence electrons. The van der Waals surface area contributed by atoms with Gasteiger partial charge in [0.15, 0.2) is 0 Å². The Labute approximate surface area is 104 Å². The molecule has 1 rings (SSSR count). The van der Waals surface area contributed by atoms with Crippen LogP contribution in [0.3, 0.4) is 0 Å². The van der Waals surface area contributed by atoms with Crippen molar-refractivity contribution in [3.8, 4) is 0 Å². The highest BCUT2D eigenvalue weighted by atomic mass is 16.5. The average Bonchev–Trinajstić information content (AvgIpc) is 2.79. The molecule has 0 saturated carbocycles. The van der Waals surface area contributed by atoms with E-state index in [2.05, 4.69) is 30.5 Å². The van der Waals surface area contributed by atoms with Crippen LogP contribution >= 0.6 is 0 Å². The minimum absolute atomic E-state index is 0.226. The molecular formula is C13H25N3O. The maximum Gasteiger partial charge on any atom is 0.0770 e. The van der Waals surface area contributed by atoms with Crippen molar-refractivity contribution >= 4 is 0 Å². The maximum atomic E-state index is 5.83. The maximum absolute atomic E-state index is 5.83. The van der Waals surface area contributed by atoms with Crippen molar-refractivity contribution in [2.24, 2.45) is 0 Å². The van der Waals surface area contributed by atoms with Gasteiger partial charge in [0.25, 0.3) is 0 Å². The summed E-state index contributed by atoms with van der Waals surface area (Å²) in [6, 6.07) is 0.232. The van der Waals surface area contributed by atoms with Crippen molar-refractivity contribution in [3.05, 3.63) is 18.0 Å². The van der Waals surface area contributed by atoms with Gasteiger partial charge in [0.2, 0.25) is 0 Å². The number of likely N-dealkylation sites (N-methyl/N-ethyl adjacent to an activating group) is 1. The van der Waals surface area contributed by atoms with Crippen molar-refractivity contribution in [1.82, 2.24) is 15.1 Å². The van der Waals surface area contributed by atoms with Crippen LogP contribution in [0.2, 0.25) is 0 Å². The van der Waals surface area contributed by atoms with Crippen molar-refractivity contribution in [3.63, 3.8) is 0 Å². The Morgan fingerprint density at radius 1 is 1.41 bits per heavy atom. The molecule has 0 saturated heterocycles. The summed E-state index contributed by atoms with van der Waals surface area (Å²) in [7, 11) is 1.98. The Hall–Kier alpha value is -0.870. The Morgan fingerprint density at radius 3 is 2.65 bits per heavy atom. The number of aryl methyl sites for hydroxylation is 1. The van der Waals surface area contributed by atoms with E-state index in [1.165, 1.54) is 5.56 Å². The molecule has 0 fully saturated rings. The summed E-state index contributed by atoms with van der Waals surface area (Å²) >= 11 is 0. The first-order valence-electron chi connectivity index (χ1n) is 6.57. The van der Waals surface area contributed by atoms with Gasteiger partial charge >= 0.3 is 0 Å². The molecule has 1 heterocycles. The number of hydrogen-bond acceptors (Lipinski definition) is 3. The van der Waals surface area contributed by atoms with Crippen LogP contribution in [0.1, 0.15) is 45.2 Å². The molecule has 0 aliphatic carbocycles. The van der Waals surface area contributed by atoms with Gasteiger partial charge < -0.3 is 10.1 Å². The first-order valence-corrected chi connectivity index (χ1v) is 6.57. The van der Waals surface area contributed by atoms with Gasteiger partial charge in [-0.2, -0.15) is 5.10 Å². The lowest BCUT2D eigenvalue weighted by Gasteiger charge is -2.25. The lowest BCUT2D eigenvalue weighted by Crippen LogP contribution is -2.31. The van der Waals surface area contributed by atoms with Crippen LogP contribution in [0.5, 0.6) is 0 Å². The van der Waals surface area contributed by atoms with Crippen LogP contribution in [-0.4, -0.2) is 29.5 Å². The molecule has 0 radical (unpaired) electrons. The molecule has 0 aliphatic rings. The number of ether oxygens (including phenoxy) is 1. The minimum Gasteiger partial charge on any atom is -0.377 e. The lowest BCUT2D eigenvalue weighted by atomic mass is 10.0. The fourth-order valence-electron chi connectivity index (χ4n) is 2.13. The highest BCUT2D eigenvalue weighted by Gasteiger charge is 2.22. The number of rotatable bonds is 8. The number of nitrogens with zero attached hydrogens (tertiary/aromatic N) is 2. The largest absolute Gasteiger partial charge is 0.377 e. The topological polar surface area (TPSA) is 39.1 Å². The van der Waals surface area contributed by atoms with Crippen LogP contribution in [-0.2, 0) is 11.3 Å². The van der Waals surface area contributed by atoms with Crippen molar-refractivity contribution in [2.75, 3.05) is 13.7 Å². The fourth-order valence-corrected chi connectivity index (χ4v) is 2.13. The summed E-state index contributed by atoms with van der Waals surface area (Å²) < 4.78 is 7.79. The quantitative estimate of drug-likeness (QED) is 0.757. The zero-order valence-electron chi connectivity index (χ0n) is 11.4. The molecule has 0 aromatic carbocycles. The molecule has 2 unspecified atom stereocenters. The van der Waals surface area contributed by atoms with Gasteiger partial charge in [-0.05, 0) is 27.3 Å². The van der Waals surface area contributed by atoms with Crippen LogP contribution in [0.25, 0.3) is 0 Å². The summed E-state index contributed by atoms with van der Waals surface area (Å²) in [5.41, 5.74) is 1.21. The summed E-state index contributed by atoms with van der Waals surface area (Å²) in [5, 5.41) is 7.67. The molecule has 0 spiro atoms. The van der Waals surface area contributed by atoms with Gasteiger partial charge in [-0.1, -0.05) is 13.3 Å². The Balaban J connectivity index is 2.79. The molecule has 0 amide bonds. The van der Waals surface area contributed by atoms with E-state index >= 15 is 0 Å². The second kappa shape index (κ2) is 7.45. The molecule has 1 aromatic heterocycles. The SMILES string of the molecule is CCCC(OCC)C(NC)c1cnn(CC)c1. The van der Waals surface area contributed by atoms with Crippen molar-refractivity contribution in [1.29, 1.82) is 0 Å². The van der Waals surface area contributed by atoms with E-state index in [0.29, 0.717) is 0 Å². The third-order valence-corrected chi connectivity index (χ3v) is 2.97. The van der Waals surface area contributed by atoms with Gasteiger partial charge in [-0.3, -0.25) is 4.68 Å². The highest BCUT2D eigenvalue weighted by molar-refractivity contribution is 5.12. The number of hydrogen-bond donors (Lipinski definition) is 1. The zero-order chi connectivity index (χ0) is 12.7. The summed E-state index contributed by atoms with van der Waals surface area (Å²) in [4.78, 5) is 0. The van der Waals surface area contributed by atoms with E-state index in [4.69, 9.17) is 4.74 Å². The van der Waals surface area contributed by atoms with E-state index in [9.17, 15) is 0 Å². The lowest BCUT2D eigenvalue weighted by molar-refractivity contribution is 0.0295. The zero-order valence-corrected chi connectivity index (χ0v) is 11.4. The second-order valence-electron chi connectivity index (χ2n) is 4.18. The molecule has 1 aromatic rings. The van der Waals surface area contributed by atoms with E-state index in [1.807, 2.05) is 24.9 Å². The molecule has 0 aliphatic heterocycles. The van der Waals surface area contributed by atoms with Gasteiger partial charge in [0, 0.05) is 24.9 Å². The van der Waals surface area contributed by atoms with Crippen molar-refractivity contribution in [2.45, 2.75) is 52.3 Å². The Morgan fingerprint density at radius 2 is 2.18 bits per heavy atom. The normalized spacial score (nSPS) is 14.8. The van der Waals surface area contributed by atoms with Gasteiger partial charge in [0.05, 0.1) is 18.3 Å². The molecule has 4 heteroatoms. The first-order chi connectivity index (χ1) is 8.26. The van der Waals surface area contributed by atoms with Gasteiger partial charge in [-0.15, -0.1) is 0 Å². The Kier molecular flexibility index (Phi) is 6.22.